The normalized spacial score (nSPS) is 15.7. The van der Waals surface area contributed by atoms with Gasteiger partial charge in [0.1, 0.15) is 11.4 Å². The highest BCUT2D eigenvalue weighted by molar-refractivity contribution is 5.85. The minimum absolute atomic E-state index is 0. The van der Waals surface area contributed by atoms with E-state index in [1.807, 2.05) is 26.8 Å². The zero-order valence-electron chi connectivity index (χ0n) is 18.1. The molecule has 1 aliphatic rings. The van der Waals surface area contributed by atoms with Crippen LogP contribution in [0.2, 0.25) is 0 Å². The molecule has 0 radical (unpaired) electrons. The molecule has 1 aromatic carbocycles. The van der Waals surface area contributed by atoms with Crippen molar-refractivity contribution < 1.29 is 14.3 Å². The summed E-state index contributed by atoms with van der Waals surface area (Å²) in [6.45, 7) is 6.35. The molecule has 6 nitrogen and oxygen atoms in total. The first kappa shape index (κ1) is 25.2. The van der Waals surface area contributed by atoms with Crippen molar-refractivity contribution in [3.8, 4) is 5.75 Å². The van der Waals surface area contributed by atoms with E-state index in [0.717, 1.165) is 38.0 Å². The van der Waals surface area contributed by atoms with Crippen molar-refractivity contribution in [1.82, 2.24) is 16.0 Å². The van der Waals surface area contributed by atoms with E-state index in [1.54, 1.807) is 7.11 Å². The number of nitrogens with one attached hydrogen (secondary N) is 3. The van der Waals surface area contributed by atoms with Gasteiger partial charge in [0.2, 0.25) is 11.8 Å². The summed E-state index contributed by atoms with van der Waals surface area (Å²) in [4.78, 5) is 23.7. The lowest BCUT2D eigenvalue weighted by Crippen LogP contribution is -2.58. The predicted octanol–water partition coefficient (Wildman–Crippen LogP) is 3.11. The fourth-order valence-corrected chi connectivity index (χ4v) is 3.82. The van der Waals surface area contributed by atoms with Gasteiger partial charge in [0, 0.05) is 18.9 Å². The third-order valence-electron chi connectivity index (χ3n) is 5.42. The van der Waals surface area contributed by atoms with Gasteiger partial charge in [-0.1, -0.05) is 26.0 Å². The SMILES string of the molecule is CCC(=O)NC(C)(CCCNC1CCc2cccc(OC)c2C1)NC(=O)CC.Cl. The summed E-state index contributed by atoms with van der Waals surface area (Å²) in [5.41, 5.74) is 1.99. The topological polar surface area (TPSA) is 79.5 Å². The van der Waals surface area contributed by atoms with Crippen LogP contribution in [0.4, 0.5) is 0 Å². The van der Waals surface area contributed by atoms with Gasteiger partial charge in [-0.2, -0.15) is 0 Å². The van der Waals surface area contributed by atoms with Crippen LogP contribution in [0.15, 0.2) is 18.2 Å². The number of hydrogen-bond donors (Lipinski definition) is 3. The number of aryl methyl sites for hydroxylation is 1. The molecular formula is C22H36ClN3O3. The number of halogens is 1. The highest BCUT2D eigenvalue weighted by atomic mass is 35.5. The van der Waals surface area contributed by atoms with Gasteiger partial charge in [-0.15, -0.1) is 12.4 Å². The van der Waals surface area contributed by atoms with Crippen molar-refractivity contribution >= 4 is 24.2 Å². The average molecular weight is 426 g/mol. The standard InChI is InChI=1S/C22H35N3O3.ClH/c1-5-20(26)24-22(3,25-21(27)6-2)13-8-14-23-17-12-11-16-9-7-10-19(28-4)18(16)15-17;/h7,9-10,17,23H,5-6,8,11-15H2,1-4H3,(H,24,26)(H,25,27);1H. The third-order valence-corrected chi connectivity index (χ3v) is 5.42. The molecule has 0 saturated heterocycles. The molecule has 1 atom stereocenters. The van der Waals surface area contributed by atoms with Crippen molar-refractivity contribution in [2.24, 2.45) is 0 Å². The summed E-state index contributed by atoms with van der Waals surface area (Å²) in [7, 11) is 1.72. The van der Waals surface area contributed by atoms with Crippen LogP contribution >= 0.6 is 12.4 Å². The van der Waals surface area contributed by atoms with E-state index >= 15 is 0 Å². The largest absolute Gasteiger partial charge is 0.496 e. The first-order valence-corrected chi connectivity index (χ1v) is 10.4. The summed E-state index contributed by atoms with van der Waals surface area (Å²) in [5, 5.41) is 9.56. The average Bonchev–Trinajstić information content (AvgIpc) is 2.70. The molecule has 2 rings (SSSR count). The van der Waals surface area contributed by atoms with E-state index < -0.39 is 5.66 Å². The second-order valence-electron chi connectivity index (χ2n) is 7.73. The monoisotopic (exact) mass is 425 g/mol. The van der Waals surface area contributed by atoms with Crippen molar-refractivity contribution in [1.29, 1.82) is 0 Å². The van der Waals surface area contributed by atoms with Crippen LogP contribution in [0.25, 0.3) is 0 Å². The molecule has 0 fully saturated rings. The number of carbonyl (C=O) groups is 2. The number of rotatable bonds is 10. The second kappa shape index (κ2) is 12.0. The molecule has 0 aliphatic heterocycles. The molecule has 1 unspecified atom stereocenters. The Morgan fingerprint density at radius 1 is 1.17 bits per heavy atom. The number of hydrogen-bond acceptors (Lipinski definition) is 4. The molecule has 0 bridgehead atoms. The zero-order valence-corrected chi connectivity index (χ0v) is 18.9. The number of fused-ring (bicyclic) bond motifs is 1. The van der Waals surface area contributed by atoms with E-state index in [0.29, 0.717) is 25.3 Å². The maximum absolute atomic E-state index is 11.9. The lowest BCUT2D eigenvalue weighted by molar-refractivity contribution is -0.126. The van der Waals surface area contributed by atoms with Crippen molar-refractivity contribution in [3.05, 3.63) is 29.3 Å². The van der Waals surface area contributed by atoms with Crippen LogP contribution in [0.3, 0.4) is 0 Å². The van der Waals surface area contributed by atoms with Crippen LogP contribution in [-0.2, 0) is 22.4 Å². The number of ether oxygens (including phenoxy) is 1. The Balaban J connectivity index is 0.00000420. The number of amides is 2. The second-order valence-corrected chi connectivity index (χ2v) is 7.73. The number of methoxy groups -OCH3 is 1. The van der Waals surface area contributed by atoms with Crippen LogP contribution < -0.4 is 20.7 Å². The first-order chi connectivity index (χ1) is 13.4. The van der Waals surface area contributed by atoms with Gasteiger partial charge in [0.15, 0.2) is 0 Å². The van der Waals surface area contributed by atoms with Gasteiger partial charge >= 0.3 is 0 Å². The van der Waals surface area contributed by atoms with E-state index in [-0.39, 0.29) is 24.2 Å². The van der Waals surface area contributed by atoms with Gasteiger partial charge in [0.05, 0.1) is 7.11 Å². The Bertz CT molecular complexity index is 649. The van der Waals surface area contributed by atoms with Crippen LogP contribution in [0.5, 0.6) is 5.75 Å². The Morgan fingerprint density at radius 3 is 2.41 bits per heavy atom. The number of benzene rings is 1. The molecule has 2 amide bonds. The minimum Gasteiger partial charge on any atom is -0.496 e. The molecule has 1 aliphatic carbocycles. The molecule has 0 heterocycles. The van der Waals surface area contributed by atoms with Crippen LogP contribution in [-0.4, -0.2) is 37.2 Å². The van der Waals surface area contributed by atoms with E-state index in [4.69, 9.17) is 4.74 Å². The fourth-order valence-electron chi connectivity index (χ4n) is 3.82. The predicted molar refractivity (Wildman–Crippen MR) is 119 cm³/mol. The zero-order chi connectivity index (χ0) is 20.6. The van der Waals surface area contributed by atoms with Gasteiger partial charge in [-0.25, -0.2) is 0 Å². The first-order valence-electron chi connectivity index (χ1n) is 10.4. The molecular weight excluding hydrogens is 390 g/mol. The summed E-state index contributed by atoms with van der Waals surface area (Å²) < 4.78 is 5.52. The van der Waals surface area contributed by atoms with Gasteiger partial charge in [-0.3, -0.25) is 9.59 Å². The molecule has 3 N–H and O–H groups in total. The van der Waals surface area contributed by atoms with E-state index in [1.165, 1.54) is 11.1 Å². The quantitative estimate of drug-likeness (QED) is 0.397. The fraction of sp³-hybridized carbons (Fsp3) is 0.636. The summed E-state index contributed by atoms with van der Waals surface area (Å²) >= 11 is 0. The summed E-state index contributed by atoms with van der Waals surface area (Å²) in [6, 6.07) is 6.69. The Kier molecular flexibility index (Phi) is 10.5. The lowest BCUT2D eigenvalue weighted by Gasteiger charge is -2.32. The molecule has 1 aromatic rings. The van der Waals surface area contributed by atoms with E-state index in [2.05, 4.69) is 28.1 Å². The summed E-state index contributed by atoms with van der Waals surface area (Å²) in [6.07, 6.45) is 5.48. The Morgan fingerprint density at radius 2 is 1.83 bits per heavy atom. The van der Waals surface area contributed by atoms with Crippen LogP contribution in [0.1, 0.15) is 64.0 Å². The summed E-state index contributed by atoms with van der Waals surface area (Å²) in [5.74, 6) is 0.867. The Hall–Kier alpha value is -1.79. The third kappa shape index (κ3) is 7.52. The minimum atomic E-state index is -0.704. The van der Waals surface area contributed by atoms with Crippen molar-refractivity contribution in [2.75, 3.05) is 13.7 Å². The van der Waals surface area contributed by atoms with Gasteiger partial charge < -0.3 is 20.7 Å². The molecule has 0 spiro atoms. The molecule has 29 heavy (non-hydrogen) atoms. The molecule has 164 valence electrons. The highest BCUT2D eigenvalue weighted by Gasteiger charge is 2.27. The Labute approximate surface area is 181 Å². The maximum atomic E-state index is 11.9. The molecule has 7 heteroatoms. The molecule has 0 aromatic heterocycles. The van der Waals surface area contributed by atoms with E-state index in [9.17, 15) is 9.59 Å². The van der Waals surface area contributed by atoms with Crippen molar-refractivity contribution in [2.45, 2.75) is 77.4 Å². The smallest absolute Gasteiger partial charge is 0.221 e. The highest BCUT2D eigenvalue weighted by Crippen LogP contribution is 2.29. The molecule has 0 saturated carbocycles. The van der Waals surface area contributed by atoms with Gasteiger partial charge in [0.25, 0.3) is 0 Å². The lowest BCUT2D eigenvalue weighted by atomic mass is 9.87. The van der Waals surface area contributed by atoms with Crippen molar-refractivity contribution in [3.63, 3.8) is 0 Å². The van der Waals surface area contributed by atoms with Gasteiger partial charge in [-0.05, 0) is 62.8 Å². The van der Waals surface area contributed by atoms with Crippen LogP contribution in [0, 0.1) is 0 Å². The number of carbonyl (C=O) groups excluding carboxylic acids is 2. The maximum Gasteiger partial charge on any atom is 0.221 e.